The van der Waals surface area contributed by atoms with Crippen LogP contribution < -0.4 is 4.90 Å². The summed E-state index contributed by atoms with van der Waals surface area (Å²) in [6.07, 6.45) is 9.36. The molecule has 1 atom stereocenters. The molecule has 3 nitrogen and oxygen atoms in total. The van der Waals surface area contributed by atoms with Crippen LogP contribution in [0, 0.1) is 33.5 Å². The fourth-order valence-electron chi connectivity index (χ4n) is 4.59. The van der Waals surface area contributed by atoms with Gasteiger partial charge in [-0.15, -0.1) is 35.9 Å². The zero-order valence-corrected chi connectivity index (χ0v) is 25.0. The average Bonchev–Trinajstić information content (AvgIpc) is 3.29. The number of hydrogen-bond acceptors (Lipinski definition) is 3. The summed E-state index contributed by atoms with van der Waals surface area (Å²) in [6.45, 7) is 19.2. The maximum Gasteiger partial charge on any atom is 0.0227 e. The Bertz CT molecular complexity index is 1120. The van der Waals surface area contributed by atoms with E-state index in [1.807, 2.05) is 49.4 Å². The molecule has 2 aromatic carbocycles. The molecular weight excluding hydrogens is 613 g/mol. The van der Waals surface area contributed by atoms with Crippen LogP contribution in [0.4, 0.5) is 5.69 Å². The van der Waals surface area contributed by atoms with Crippen LogP contribution >= 0.6 is 0 Å². The van der Waals surface area contributed by atoms with Gasteiger partial charge in [-0.3, -0.25) is 0 Å². The smallest absolute Gasteiger partial charge is 0.0227 e. The van der Waals surface area contributed by atoms with Gasteiger partial charge < -0.3 is 14.8 Å². The maximum atomic E-state index is 4.22. The van der Waals surface area contributed by atoms with E-state index >= 15 is 0 Å². The second kappa shape index (κ2) is 14.0. The van der Waals surface area contributed by atoms with Crippen LogP contribution in [0.25, 0.3) is 11.3 Å². The van der Waals surface area contributed by atoms with Crippen LogP contribution in [0.1, 0.15) is 43.9 Å². The van der Waals surface area contributed by atoms with E-state index in [-0.39, 0.29) is 20.4 Å². The molecule has 2 heterocycles. The van der Waals surface area contributed by atoms with Crippen LogP contribution in [0.2, 0.25) is 0 Å². The molecule has 189 valence electrons. The SMILES string of the molecule is C=C(C)/C=C(/C)C(CC)N1C=CN(c2c(C)cc(C)cc2C)[CH-]1.[Re].[c-]1ccccc1-c1ccccn1. The van der Waals surface area contributed by atoms with E-state index in [9.17, 15) is 0 Å². The predicted octanol–water partition coefficient (Wildman–Crippen LogP) is 8.17. The van der Waals surface area contributed by atoms with Crippen molar-refractivity contribution in [2.45, 2.75) is 54.0 Å². The summed E-state index contributed by atoms with van der Waals surface area (Å²) in [5, 5.41) is 0. The number of nitrogens with zero attached hydrogens (tertiary/aromatic N) is 3. The van der Waals surface area contributed by atoms with E-state index in [0.29, 0.717) is 6.04 Å². The number of allylic oxidation sites excluding steroid dienone is 2. The number of hydrogen-bond donors (Lipinski definition) is 0. The number of rotatable bonds is 6. The topological polar surface area (TPSA) is 19.4 Å². The van der Waals surface area contributed by atoms with E-state index < -0.39 is 0 Å². The molecule has 1 radical (unpaired) electrons. The predicted molar refractivity (Wildman–Crippen MR) is 150 cm³/mol. The van der Waals surface area contributed by atoms with Crippen molar-refractivity contribution >= 4 is 5.69 Å². The number of pyridine rings is 1. The van der Waals surface area contributed by atoms with Gasteiger partial charge in [-0.05, 0) is 76.3 Å². The average molecular weight is 650 g/mol. The Morgan fingerprint density at radius 3 is 2.31 bits per heavy atom. The Hall–Kier alpha value is -2.93. The normalized spacial score (nSPS) is 13.6. The second-order valence-corrected chi connectivity index (χ2v) is 9.17. The number of aromatic nitrogens is 1. The molecule has 4 rings (SSSR count). The van der Waals surface area contributed by atoms with Crippen molar-refractivity contribution < 1.29 is 20.4 Å². The van der Waals surface area contributed by atoms with Gasteiger partial charge in [-0.2, -0.15) is 6.67 Å². The fraction of sp³-hybridized carbons (Fsp3) is 0.250. The van der Waals surface area contributed by atoms with Crippen LogP contribution in [-0.2, 0) is 20.4 Å². The van der Waals surface area contributed by atoms with Gasteiger partial charge in [0.25, 0.3) is 0 Å². The molecule has 0 spiro atoms. The summed E-state index contributed by atoms with van der Waals surface area (Å²) in [5.41, 5.74) is 9.68. The molecule has 36 heavy (non-hydrogen) atoms. The molecule has 0 saturated heterocycles. The molecule has 0 bridgehead atoms. The van der Waals surface area contributed by atoms with E-state index in [2.05, 4.69) is 99.3 Å². The molecule has 0 fully saturated rings. The maximum absolute atomic E-state index is 4.22. The van der Waals surface area contributed by atoms with Gasteiger partial charge in [-0.1, -0.05) is 60.6 Å². The van der Waals surface area contributed by atoms with Crippen molar-refractivity contribution in [2.75, 3.05) is 4.90 Å². The first-order valence-corrected chi connectivity index (χ1v) is 12.2. The molecule has 1 aliphatic rings. The van der Waals surface area contributed by atoms with Crippen LogP contribution in [0.5, 0.6) is 0 Å². The molecule has 1 aliphatic heterocycles. The van der Waals surface area contributed by atoms with Crippen molar-refractivity contribution in [2.24, 2.45) is 0 Å². The molecule has 1 aromatic heterocycles. The van der Waals surface area contributed by atoms with Crippen molar-refractivity contribution in [1.82, 2.24) is 9.88 Å². The third-order valence-corrected chi connectivity index (χ3v) is 5.95. The first-order valence-electron chi connectivity index (χ1n) is 12.2. The number of anilines is 1. The summed E-state index contributed by atoms with van der Waals surface area (Å²) in [6, 6.07) is 21.7. The summed E-state index contributed by atoms with van der Waals surface area (Å²) < 4.78 is 0. The Morgan fingerprint density at radius 2 is 1.75 bits per heavy atom. The molecule has 4 heteroatoms. The third kappa shape index (κ3) is 7.79. The van der Waals surface area contributed by atoms with Gasteiger partial charge in [0, 0.05) is 38.3 Å². The van der Waals surface area contributed by atoms with Gasteiger partial charge in [0.2, 0.25) is 0 Å². The van der Waals surface area contributed by atoms with Crippen LogP contribution in [-0.4, -0.2) is 15.9 Å². The van der Waals surface area contributed by atoms with Crippen LogP contribution in [0.3, 0.4) is 0 Å². The minimum Gasteiger partial charge on any atom is -0.502 e. The molecule has 3 aromatic rings. The van der Waals surface area contributed by atoms with Gasteiger partial charge >= 0.3 is 0 Å². The Kier molecular flexibility index (Phi) is 11.4. The molecule has 0 saturated carbocycles. The number of benzene rings is 2. The first kappa shape index (κ1) is 29.3. The van der Waals surface area contributed by atoms with Crippen molar-refractivity contribution in [3.63, 3.8) is 0 Å². The number of aryl methyl sites for hydroxylation is 3. The zero-order valence-electron chi connectivity index (χ0n) is 22.3. The Balaban J connectivity index is 0.000000294. The summed E-state index contributed by atoms with van der Waals surface area (Å²) in [5.74, 6) is 0. The van der Waals surface area contributed by atoms with E-state index in [1.54, 1.807) is 6.20 Å². The monoisotopic (exact) mass is 650 g/mol. The summed E-state index contributed by atoms with van der Waals surface area (Å²) in [4.78, 5) is 8.75. The standard InChI is InChI=1S/C21H29N2.C11H8N.Re/c1-8-20(17(5)11-15(2)3)22-9-10-23(14-22)21-18(6)12-16(4)13-19(21)7;1-2-6-10(7-3-1)11-8-4-5-9-12-11;/h9-14,20H,2,8H2,1,3-7H3;1-6,8-9H;/q2*-1;/b17-11-;;. The van der Waals surface area contributed by atoms with Gasteiger partial charge in [0.05, 0.1) is 0 Å². The molecule has 1 unspecified atom stereocenters. The zero-order chi connectivity index (χ0) is 25.4. The van der Waals surface area contributed by atoms with Gasteiger partial charge in [0.15, 0.2) is 0 Å². The third-order valence-electron chi connectivity index (χ3n) is 5.95. The first-order chi connectivity index (χ1) is 16.8. The molecule has 0 N–H and O–H groups in total. The van der Waals surface area contributed by atoms with Crippen LogP contribution in [0.15, 0.2) is 97.0 Å². The van der Waals surface area contributed by atoms with Crippen molar-refractivity contribution in [3.05, 3.63) is 126 Å². The minimum atomic E-state index is 0. The Labute approximate surface area is 231 Å². The fourth-order valence-corrected chi connectivity index (χ4v) is 4.59. The molecule has 0 amide bonds. The van der Waals surface area contributed by atoms with Gasteiger partial charge in [-0.25, -0.2) is 0 Å². The van der Waals surface area contributed by atoms with Crippen molar-refractivity contribution in [3.8, 4) is 11.3 Å². The van der Waals surface area contributed by atoms with E-state index in [0.717, 1.165) is 23.3 Å². The molecule has 0 aliphatic carbocycles. The quantitative estimate of drug-likeness (QED) is 0.198. The van der Waals surface area contributed by atoms with E-state index in [1.165, 1.54) is 28.0 Å². The summed E-state index contributed by atoms with van der Waals surface area (Å²) in [7, 11) is 0. The Morgan fingerprint density at radius 1 is 1.06 bits per heavy atom. The molecular formula is C32H37N3Re-2. The summed E-state index contributed by atoms with van der Waals surface area (Å²) >= 11 is 0. The second-order valence-electron chi connectivity index (χ2n) is 9.17. The van der Waals surface area contributed by atoms with Gasteiger partial charge in [0.1, 0.15) is 0 Å². The minimum absolute atomic E-state index is 0. The van der Waals surface area contributed by atoms with E-state index in [4.69, 9.17) is 0 Å². The van der Waals surface area contributed by atoms with Crippen molar-refractivity contribution in [1.29, 1.82) is 0 Å². The largest absolute Gasteiger partial charge is 0.502 e.